The van der Waals surface area contributed by atoms with Crippen molar-refractivity contribution in [1.29, 1.82) is 5.26 Å². The Morgan fingerprint density at radius 1 is 1.18 bits per heavy atom. The van der Waals surface area contributed by atoms with Crippen LogP contribution in [0.4, 0.5) is 0 Å². The first-order chi connectivity index (χ1) is 10.4. The van der Waals surface area contributed by atoms with E-state index in [1.165, 1.54) is 0 Å². The minimum Gasteiger partial charge on any atom is -0.343 e. The van der Waals surface area contributed by atoms with Crippen molar-refractivity contribution in [2.45, 2.75) is 39.7 Å². The van der Waals surface area contributed by atoms with Crippen LogP contribution in [0, 0.1) is 17.2 Å². The Morgan fingerprint density at radius 3 is 2.45 bits per heavy atom. The van der Waals surface area contributed by atoms with Gasteiger partial charge in [-0.15, -0.1) is 0 Å². The number of nitriles is 1. The molecule has 0 spiro atoms. The molecule has 1 aliphatic rings. The van der Waals surface area contributed by atoms with Gasteiger partial charge in [0.15, 0.2) is 0 Å². The summed E-state index contributed by atoms with van der Waals surface area (Å²) >= 11 is 0. The summed E-state index contributed by atoms with van der Waals surface area (Å²) in [5.41, 5.74) is 0. The lowest BCUT2D eigenvalue weighted by Crippen LogP contribution is -2.47. The Morgan fingerprint density at radius 2 is 1.86 bits per heavy atom. The molecule has 1 heterocycles. The van der Waals surface area contributed by atoms with Gasteiger partial charge in [0.25, 0.3) is 0 Å². The van der Waals surface area contributed by atoms with Gasteiger partial charge in [0, 0.05) is 45.7 Å². The molecule has 22 heavy (non-hydrogen) atoms. The zero-order valence-corrected chi connectivity index (χ0v) is 14.2. The summed E-state index contributed by atoms with van der Waals surface area (Å²) < 4.78 is 0. The van der Waals surface area contributed by atoms with Gasteiger partial charge in [0.2, 0.25) is 11.8 Å². The number of likely N-dealkylation sites (N-methyl/N-ethyl adjacent to an activating group) is 1. The van der Waals surface area contributed by atoms with E-state index in [0.29, 0.717) is 19.5 Å². The minimum atomic E-state index is -0.210. The molecule has 0 aliphatic carbocycles. The van der Waals surface area contributed by atoms with E-state index in [-0.39, 0.29) is 23.8 Å². The van der Waals surface area contributed by atoms with Crippen LogP contribution in [0.15, 0.2) is 0 Å². The van der Waals surface area contributed by atoms with Crippen molar-refractivity contribution in [2.24, 2.45) is 5.92 Å². The Hall–Kier alpha value is -1.61. The van der Waals surface area contributed by atoms with E-state index in [2.05, 4.69) is 11.0 Å². The third kappa shape index (κ3) is 4.99. The summed E-state index contributed by atoms with van der Waals surface area (Å²) in [5.74, 6) is 0.244. The fourth-order valence-electron chi connectivity index (χ4n) is 2.71. The lowest BCUT2D eigenvalue weighted by atomic mass is 10.2. The van der Waals surface area contributed by atoms with Crippen molar-refractivity contribution in [2.75, 3.05) is 39.8 Å². The maximum absolute atomic E-state index is 12.4. The van der Waals surface area contributed by atoms with Gasteiger partial charge < -0.3 is 9.80 Å². The molecule has 0 aromatic rings. The largest absolute Gasteiger partial charge is 0.343 e. The van der Waals surface area contributed by atoms with Crippen molar-refractivity contribution in [3.05, 3.63) is 0 Å². The van der Waals surface area contributed by atoms with Gasteiger partial charge in [-0.25, -0.2) is 0 Å². The van der Waals surface area contributed by atoms with Crippen LogP contribution in [0.5, 0.6) is 0 Å². The van der Waals surface area contributed by atoms with Crippen LogP contribution in [0.1, 0.15) is 33.6 Å². The minimum absolute atomic E-state index is 0.0164. The third-order valence-corrected chi connectivity index (χ3v) is 4.18. The number of carbonyl (C=O) groups excluding carboxylic acids is 2. The van der Waals surface area contributed by atoms with Gasteiger partial charge in [0.05, 0.1) is 18.5 Å². The number of carbonyl (C=O) groups is 2. The highest BCUT2D eigenvalue weighted by molar-refractivity contribution is 5.81. The second-order valence-corrected chi connectivity index (χ2v) is 6.21. The monoisotopic (exact) mass is 308 g/mol. The second-order valence-electron chi connectivity index (χ2n) is 6.21. The van der Waals surface area contributed by atoms with Crippen molar-refractivity contribution in [3.63, 3.8) is 0 Å². The predicted molar refractivity (Wildman–Crippen MR) is 84.9 cm³/mol. The number of rotatable bonds is 5. The summed E-state index contributed by atoms with van der Waals surface area (Å²) in [5, 5.41) is 8.61. The Labute approximate surface area is 133 Å². The van der Waals surface area contributed by atoms with Crippen molar-refractivity contribution in [3.8, 4) is 6.07 Å². The molecule has 1 saturated heterocycles. The van der Waals surface area contributed by atoms with Crippen molar-refractivity contribution < 1.29 is 9.59 Å². The molecule has 124 valence electrons. The van der Waals surface area contributed by atoms with Crippen LogP contribution in [0.2, 0.25) is 0 Å². The van der Waals surface area contributed by atoms with E-state index in [1.54, 1.807) is 11.9 Å². The molecule has 2 amide bonds. The maximum atomic E-state index is 12.4. The summed E-state index contributed by atoms with van der Waals surface area (Å²) in [6.07, 6.45) is 1.24. The molecule has 0 N–H and O–H groups in total. The molecule has 1 unspecified atom stereocenters. The number of hydrogen-bond donors (Lipinski definition) is 0. The lowest BCUT2D eigenvalue weighted by molar-refractivity contribution is -0.135. The summed E-state index contributed by atoms with van der Waals surface area (Å²) in [6.45, 7) is 9.19. The van der Waals surface area contributed by atoms with Crippen LogP contribution in [-0.2, 0) is 9.59 Å². The number of hydrogen-bond acceptors (Lipinski definition) is 4. The van der Waals surface area contributed by atoms with E-state index < -0.39 is 0 Å². The highest BCUT2D eigenvalue weighted by atomic mass is 16.2. The molecule has 1 fully saturated rings. The first-order valence-corrected chi connectivity index (χ1v) is 8.03. The molecular formula is C16H28N4O2. The molecule has 0 radical (unpaired) electrons. The summed E-state index contributed by atoms with van der Waals surface area (Å²) in [4.78, 5) is 30.1. The van der Waals surface area contributed by atoms with E-state index in [0.717, 1.165) is 26.1 Å². The zero-order valence-electron chi connectivity index (χ0n) is 14.2. The van der Waals surface area contributed by atoms with Gasteiger partial charge in [-0.05, 0) is 13.3 Å². The summed E-state index contributed by atoms with van der Waals surface area (Å²) in [7, 11) is 1.74. The topological polar surface area (TPSA) is 67.7 Å². The van der Waals surface area contributed by atoms with E-state index in [1.807, 2.05) is 25.7 Å². The predicted octanol–water partition coefficient (Wildman–Crippen LogP) is 0.937. The smallest absolute Gasteiger partial charge is 0.239 e. The quantitative estimate of drug-likeness (QED) is 0.758. The SMILES string of the molecule is CC(C)C(=O)N1CCCN(C(C)C(=O)N(C)CCC#N)CC1. The second kappa shape index (κ2) is 8.74. The Balaban J connectivity index is 2.57. The first-order valence-electron chi connectivity index (χ1n) is 8.03. The molecule has 0 bridgehead atoms. The van der Waals surface area contributed by atoms with Gasteiger partial charge in [0.1, 0.15) is 0 Å². The average molecular weight is 308 g/mol. The number of nitrogens with zero attached hydrogens (tertiary/aromatic N) is 4. The zero-order chi connectivity index (χ0) is 16.7. The van der Waals surface area contributed by atoms with Crippen LogP contribution < -0.4 is 0 Å². The van der Waals surface area contributed by atoms with Crippen LogP contribution in [0.25, 0.3) is 0 Å². The van der Waals surface area contributed by atoms with Crippen LogP contribution in [-0.4, -0.2) is 72.3 Å². The van der Waals surface area contributed by atoms with Crippen LogP contribution in [0.3, 0.4) is 0 Å². The lowest BCUT2D eigenvalue weighted by Gasteiger charge is -2.30. The summed E-state index contributed by atoms with van der Waals surface area (Å²) in [6, 6.07) is 1.85. The molecule has 6 heteroatoms. The van der Waals surface area contributed by atoms with E-state index >= 15 is 0 Å². The fraction of sp³-hybridized carbons (Fsp3) is 0.812. The molecule has 0 aromatic heterocycles. The Kier molecular flexibility index (Phi) is 7.33. The highest BCUT2D eigenvalue weighted by Gasteiger charge is 2.27. The molecule has 6 nitrogen and oxygen atoms in total. The first kappa shape index (κ1) is 18.4. The van der Waals surface area contributed by atoms with Gasteiger partial charge in [-0.2, -0.15) is 5.26 Å². The average Bonchev–Trinajstić information content (AvgIpc) is 2.76. The Bertz CT molecular complexity index is 430. The molecule has 0 saturated carbocycles. The number of amides is 2. The van der Waals surface area contributed by atoms with Crippen molar-refractivity contribution >= 4 is 11.8 Å². The van der Waals surface area contributed by atoms with Gasteiger partial charge in [-0.3, -0.25) is 14.5 Å². The third-order valence-electron chi connectivity index (χ3n) is 4.18. The van der Waals surface area contributed by atoms with E-state index in [9.17, 15) is 9.59 Å². The molecule has 1 rings (SSSR count). The van der Waals surface area contributed by atoms with Crippen molar-refractivity contribution in [1.82, 2.24) is 14.7 Å². The van der Waals surface area contributed by atoms with Gasteiger partial charge in [-0.1, -0.05) is 13.8 Å². The maximum Gasteiger partial charge on any atom is 0.239 e. The highest BCUT2D eigenvalue weighted by Crippen LogP contribution is 2.11. The fourth-order valence-corrected chi connectivity index (χ4v) is 2.71. The van der Waals surface area contributed by atoms with E-state index in [4.69, 9.17) is 5.26 Å². The molecule has 1 aliphatic heterocycles. The van der Waals surface area contributed by atoms with Gasteiger partial charge >= 0.3 is 0 Å². The molecule has 0 aromatic carbocycles. The molecular weight excluding hydrogens is 280 g/mol. The standard InChI is InChI=1S/C16H28N4O2/c1-13(2)15(21)20-10-6-9-19(11-12-20)14(3)16(22)18(4)8-5-7-17/h13-14H,5-6,8-12H2,1-4H3. The van der Waals surface area contributed by atoms with Crippen LogP contribution >= 0.6 is 0 Å². The molecule has 1 atom stereocenters. The normalized spacial score (nSPS) is 17.7.